The van der Waals surface area contributed by atoms with Crippen LogP contribution in [0, 0.1) is 13.8 Å². The lowest BCUT2D eigenvalue weighted by atomic mass is 9.95. The summed E-state index contributed by atoms with van der Waals surface area (Å²) in [6, 6.07) is 2.87. The van der Waals surface area contributed by atoms with Crippen molar-refractivity contribution >= 4 is 17.4 Å². The van der Waals surface area contributed by atoms with Crippen LogP contribution in [0.15, 0.2) is 30.1 Å². The fourth-order valence-electron chi connectivity index (χ4n) is 3.55. The third-order valence-electron chi connectivity index (χ3n) is 5.07. The molecule has 3 rings (SSSR count). The molecule has 1 amide bonds. The highest BCUT2D eigenvalue weighted by Crippen LogP contribution is 2.39. The molecule has 0 saturated carbocycles. The maximum Gasteiger partial charge on any atom is 0.295 e. The third kappa shape index (κ3) is 3.31. The second kappa shape index (κ2) is 7.55. The predicted molar refractivity (Wildman–Crippen MR) is 104 cm³/mol. The number of nitrogens with zero attached hydrogens (tertiary/aromatic N) is 5. The zero-order valence-corrected chi connectivity index (χ0v) is 16.8. The second-order valence-corrected chi connectivity index (χ2v) is 7.25. The van der Waals surface area contributed by atoms with Crippen LogP contribution >= 0.6 is 0 Å². The van der Waals surface area contributed by atoms with Gasteiger partial charge in [0.25, 0.3) is 11.7 Å². The number of aromatic nitrogens is 3. The first kappa shape index (κ1) is 19.8. The van der Waals surface area contributed by atoms with Crippen LogP contribution < -0.4 is 0 Å². The molecule has 1 N–H and O–H groups in total. The Bertz CT molecular complexity index is 946. The zero-order chi connectivity index (χ0) is 20.6. The first-order valence-corrected chi connectivity index (χ1v) is 9.07. The van der Waals surface area contributed by atoms with Crippen molar-refractivity contribution in [1.29, 1.82) is 0 Å². The molecule has 0 aromatic carbocycles. The third-order valence-corrected chi connectivity index (χ3v) is 5.07. The smallest absolute Gasteiger partial charge is 0.295 e. The molecule has 8 heteroatoms. The van der Waals surface area contributed by atoms with E-state index < -0.39 is 17.7 Å². The Hall–Kier alpha value is -3.00. The van der Waals surface area contributed by atoms with Crippen molar-refractivity contribution in [1.82, 2.24) is 24.6 Å². The minimum atomic E-state index is -0.687. The van der Waals surface area contributed by atoms with E-state index in [4.69, 9.17) is 0 Å². The number of likely N-dealkylation sites (tertiary alicyclic amines) is 1. The number of amides is 1. The Balaban J connectivity index is 2.19. The number of ketones is 1. The molecule has 1 atom stereocenters. The highest BCUT2D eigenvalue weighted by Gasteiger charge is 2.46. The van der Waals surface area contributed by atoms with Gasteiger partial charge >= 0.3 is 0 Å². The Kier molecular flexibility index (Phi) is 5.33. The molecule has 0 aliphatic carbocycles. The van der Waals surface area contributed by atoms with E-state index in [1.807, 2.05) is 32.0 Å². The first-order valence-electron chi connectivity index (χ1n) is 9.07. The van der Waals surface area contributed by atoms with Crippen molar-refractivity contribution in [3.8, 4) is 0 Å². The van der Waals surface area contributed by atoms with E-state index >= 15 is 0 Å². The summed E-state index contributed by atoms with van der Waals surface area (Å²) in [5, 5.41) is 15.4. The number of rotatable bonds is 5. The van der Waals surface area contributed by atoms with Gasteiger partial charge in [0.15, 0.2) is 0 Å². The van der Waals surface area contributed by atoms with Gasteiger partial charge in [0, 0.05) is 38.2 Å². The minimum Gasteiger partial charge on any atom is -0.507 e. The number of carbonyl (C=O) groups is 2. The van der Waals surface area contributed by atoms with Gasteiger partial charge in [0.05, 0.1) is 22.9 Å². The van der Waals surface area contributed by atoms with Crippen LogP contribution in [0.3, 0.4) is 0 Å². The van der Waals surface area contributed by atoms with Gasteiger partial charge < -0.3 is 14.9 Å². The number of hydrogen-bond acceptors (Lipinski definition) is 6. The van der Waals surface area contributed by atoms with Crippen molar-refractivity contribution in [3.63, 3.8) is 0 Å². The fraction of sp³-hybridized carbons (Fsp3) is 0.400. The monoisotopic (exact) mass is 383 g/mol. The average molecular weight is 383 g/mol. The van der Waals surface area contributed by atoms with Crippen molar-refractivity contribution in [3.05, 3.63) is 52.6 Å². The quantitative estimate of drug-likeness (QED) is 0.477. The molecule has 1 fully saturated rings. The first-order chi connectivity index (χ1) is 13.2. The van der Waals surface area contributed by atoms with Crippen molar-refractivity contribution in [2.24, 2.45) is 7.05 Å². The molecule has 0 radical (unpaired) electrons. The van der Waals surface area contributed by atoms with Crippen molar-refractivity contribution in [2.45, 2.75) is 19.9 Å². The molecule has 0 spiro atoms. The van der Waals surface area contributed by atoms with Crippen LogP contribution in [-0.4, -0.2) is 68.5 Å². The van der Waals surface area contributed by atoms with E-state index in [2.05, 4.69) is 10.1 Å². The summed E-state index contributed by atoms with van der Waals surface area (Å²) in [4.78, 5) is 33.3. The summed E-state index contributed by atoms with van der Waals surface area (Å²) in [5.41, 5.74) is 2.57. The Morgan fingerprint density at radius 3 is 2.54 bits per heavy atom. The lowest BCUT2D eigenvalue weighted by Gasteiger charge is -2.26. The molecular formula is C20H25N5O3. The van der Waals surface area contributed by atoms with E-state index in [1.165, 1.54) is 4.90 Å². The van der Waals surface area contributed by atoms with Crippen LogP contribution in [-0.2, 0) is 16.6 Å². The molecule has 2 aromatic rings. The number of likely N-dealkylation sites (N-methyl/N-ethyl adjacent to an activating group) is 1. The van der Waals surface area contributed by atoms with E-state index in [-0.39, 0.29) is 11.3 Å². The SMILES string of the molecule is Cc1nn(C)c(C)c1/C(O)=C1\C(=O)C(=O)N(CCN(C)C)C1c1cccnc1. The lowest BCUT2D eigenvalue weighted by Crippen LogP contribution is -2.35. The van der Waals surface area contributed by atoms with E-state index in [0.29, 0.717) is 29.9 Å². The summed E-state index contributed by atoms with van der Waals surface area (Å²) in [6.45, 7) is 4.53. The number of aryl methyl sites for hydroxylation is 2. The molecule has 1 aliphatic rings. The minimum absolute atomic E-state index is 0.0796. The Labute approximate surface area is 164 Å². The van der Waals surface area contributed by atoms with Crippen LogP contribution in [0.25, 0.3) is 5.76 Å². The highest BCUT2D eigenvalue weighted by molar-refractivity contribution is 6.46. The van der Waals surface area contributed by atoms with Gasteiger partial charge in [-0.15, -0.1) is 0 Å². The number of aliphatic hydroxyl groups is 1. The topological polar surface area (TPSA) is 91.6 Å². The van der Waals surface area contributed by atoms with Gasteiger partial charge in [-0.1, -0.05) is 6.07 Å². The summed E-state index contributed by atoms with van der Waals surface area (Å²) >= 11 is 0. The number of carbonyl (C=O) groups excluding carboxylic acids is 2. The average Bonchev–Trinajstić information content (AvgIpc) is 3.06. The molecule has 148 valence electrons. The number of Topliss-reactive ketones (excluding diaryl/α,β-unsaturated/α-hetero) is 1. The van der Waals surface area contributed by atoms with Crippen LogP contribution in [0.2, 0.25) is 0 Å². The summed E-state index contributed by atoms with van der Waals surface area (Å²) in [7, 11) is 5.57. The molecule has 8 nitrogen and oxygen atoms in total. The van der Waals surface area contributed by atoms with Gasteiger partial charge in [-0.3, -0.25) is 19.3 Å². The summed E-state index contributed by atoms with van der Waals surface area (Å²) in [6.07, 6.45) is 3.25. The van der Waals surface area contributed by atoms with Crippen molar-refractivity contribution < 1.29 is 14.7 Å². The molecule has 3 heterocycles. The van der Waals surface area contributed by atoms with E-state index in [9.17, 15) is 14.7 Å². The molecule has 0 bridgehead atoms. The van der Waals surface area contributed by atoms with Crippen LogP contribution in [0.1, 0.15) is 28.6 Å². The normalized spacial score (nSPS) is 19.1. The number of hydrogen-bond donors (Lipinski definition) is 1. The molecule has 28 heavy (non-hydrogen) atoms. The molecule has 1 aliphatic heterocycles. The highest BCUT2D eigenvalue weighted by atomic mass is 16.3. The predicted octanol–water partition coefficient (Wildman–Crippen LogP) is 1.42. The van der Waals surface area contributed by atoms with Crippen LogP contribution in [0.4, 0.5) is 0 Å². The zero-order valence-electron chi connectivity index (χ0n) is 16.8. The molecule has 1 unspecified atom stereocenters. The van der Waals surface area contributed by atoms with Gasteiger partial charge in [-0.05, 0) is 39.6 Å². The molecule has 1 saturated heterocycles. The standard InChI is InChI=1S/C20H25N5O3/c1-12-15(13(2)24(5)22-12)18(26)16-17(14-7-6-8-21-11-14)25(10-9-23(3)4)20(28)19(16)27/h6-8,11,17,26H,9-10H2,1-5H3/b18-16+. The maximum absolute atomic E-state index is 12.9. The Morgan fingerprint density at radius 1 is 1.29 bits per heavy atom. The summed E-state index contributed by atoms with van der Waals surface area (Å²) < 4.78 is 1.64. The van der Waals surface area contributed by atoms with Gasteiger partial charge in [0.1, 0.15) is 5.76 Å². The number of pyridine rings is 1. The molecule has 2 aromatic heterocycles. The Morgan fingerprint density at radius 2 is 2.00 bits per heavy atom. The largest absolute Gasteiger partial charge is 0.507 e. The van der Waals surface area contributed by atoms with Gasteiger partial charge in [0.2, 0.25) is 0 Å². The van der Waals surface area contributed by atoms with Gasteiger partial charge in [-0.2, -0.15) is 5.10 Å². The maximum atomic E-state index is 12.9. The fourth-order valence-corrected chi connectivity index (χ4v) is 3.55. The molecular weight excluding hydrogens is 358 g/mol. The lowest BCUT2D eigenvalue weighted by molar-refractivity contribution is -0.140. The summed E-state index contributed by atoms with van der Waals surface area (Å²) in [5.74, 6) is -1.49. The number of aliphatic hydroxyl groups excluding tert-OH is 1. The van der Waals surface area contributed by atoms with Crippen molar-refractivity contribution in [2.75, 3.05) is 27.2 Å². The van der Waals surface area contributed by atoms with E-state index in [1.54, 1.807) is 37.1 Å². The van der Waals surface area contributed by atoms with Gasteiger partial charge in [-0.25, -0.2) is 0 Å². The van der Waals surface area contributed by atoms with Crippen LogP contribution in [0.5, 0.6) is 0 Å². The second-order valence-electron chi connectivity index (χ2n) is 7.25. The van der Waals surface area contributed by atoms with E-state index in [0.717, 1.165) is 5.69 Å².